The van der Waals surface area contributed by atoms with Crippen LogP contribution in [-0.4, -0.2) is 16.6 Å². The van der Waals surface area contributed by atoms with E-state index in [1.165, 1.54) is 37.7 Å². The lowest BCUT2D eigenvalue weighted by Crippen LogP contribution is -1.96. The van der Waals surface area contributed by atoms with Crippen LogP contribution >= 0.6 is 0 Å². The maximum atomic E-state index is 5.66. The van der Waals surface area contributed by atoms with Gasteiger partial charge in [0, 0.05) is 18.0 Å². The first kappa shape index (κ1) is 20.0. The first-order chi connectivity index (χ1) is 12.8. The van der Waals surface area contributed by atoms with Crippen molar-refractivity contribution in [2.75, 3.05) is 6.61 Å². The first-order valence-corrected chi connectivity index (χ1v) is 9.87. The van der Waals surface area contributed by atoms with E-state index >= 15 is 0 Å². The Balaban J connectivity index is 1.81. The second-order valence-electron chi connectivity index (χ2n) is 6.56. The van der Waals surface area contributed by atoms with Crippen molar-refractivity contribution in [3.63, 3.8) is 0 Å². The van der Waals surface area contributed by atoms with Crippen molar-refractivity contribution in [3.8, 4) is 17.6 Å². The van der Waals surface area contributed by atoms with E-state index in [2.05, 4.69) is 35.7 Å². The van der Waals surface area contributed by atoms with Gasteiger partial charge in [-0.05, 0) is 55.0 Å². The number of ether oxygens (including phenoxy) is 1. The predicted molar refractivity (Wildman–Crippen MR) is 107 cm³/mol. The number of aryl methyl sites for hydroxylation is 1. The highest BCUT2D eigenvalue weighted by Gasteiger charge is 1.97. The standard InChI is InChI=1S/C23H30N2O/c1-3-5-7-8-9-10-21-18-24-23(25-19-21)16-13-20-11-14-22(15-12-20)26-17-6-4-2/h11-12,14-15,18-19H,3-10,17H2,1-2H3. The summed E-state index contributed by atoms with van der Waals surface area (Å²) < 4.78 is 5.66. The Labute approximate surface area is 158 Å². The smallest absolute Gasteiger partial charge is 0.205 e. The summed E-state index contributed by atoms with van der Waals surface area (Å²) in [6, 6.07) is 7.86. The molecule has 0 atom stereocenters. The molecule has 138 valence electrons. The minimum Gasteiger partial charge on any atom is -0.494 e. The van der Waals surface area contributed by atoms with Gasteiger partial charge < -0.3 is 4.74 Å². The van der Waals surface area contributed by atoms with Crippen molar-refractivity contribution in [3.05, 3.63) is 53.6 Å². The average molecular weight is 351 g/mol. The third kappa shape index (κ3) is 7.70. The largest absolute Gasteiger partial charge is 0.494 e. The molecule has 1 aromatic carbocycles. The molecular formula is C23H30N2O. The molecule has 0 fully saturated rings. The number of hydrogen-bond donors (Lipinski definition) is 0. The molecule has 0 unspecified atom stereocenters. The molecule has 0 aliphatic heterocycles. The van der Waals surface area contributed by atoms with Crippen LogP contribution in [-0.2, 0) is 6.42 Å². The van der Waals surface area contributed by atoms with Gasteiger partial charge in [0.2, 0.25) is 5.82 Å². The van der Waals surface area contributed by atoms with Gasteiger partial charge in [-0.3, -0.25) is 0 Å². The molecule has 2 rings (SSSR count). The van der Waals surface area contributed by atoms with Crippen LogP contribution in [0.15, 0.2) is 36.7 Å². The highest BCUT2D eigenvalue weighted by atomic mass is 16.5. The summed E-state index contributed by atoms with van der Waals surface area (Å²) in [5, 5.41) is 0. The van der Waals surface area contributed by atoms with E-state index in [1.807, 2.05) is 36.7 Å². The lowest BCUT2D eigenvalue weighted by Gasteiger charge is -2.04. The Kier molecular flexibility index (Phi) is 9.29. The van der Waals surface area contributed by atoms with Gasteiger partial charge in [0.05, 0.1) is 6.61 Å². The van der Waals surface area contributed by atoms with Crippen molar-refractivity contribution < 1.29 is 4.74 Å². The summed E-state index contributed by atoms with van der Waals surface area (Å²) in [7, 11) is 0. The lowest BCUT2D eigenvalue weighted by atomic mass is 10.1. The molecule has 1 aromatic heterocycles. The average Bonchev–Trinajstić information content (AvgIpc) is 2.68. The molecule has 0 saturated carbocycles. The minimum absolute atomic E-state index is 0.572. The van der Waals surface area contributed by atoms with Crippen molar-refractivity contribution >= 4 is 0 Å². The van der Waals surface area contributed by atoms with Crippen molar-refractivity contribution in [1.29, 1.82) is 0 Å². The first-order valence-electron chi connectivity index (χ1n) is 9.87. The van der Waals surface area contributed by atoms with Crippen LogP contribution in [0.5, 0.6) is 5.75 Å². The van der Waals surface area contributed by atoms with Gasteiger partial charge in [0.1, 0.15) is 5.75 Å². The summed E-state index contributed by atoms with van der Waals surface area (Å²) >= 11 is 0. The van der Waals surface area contributed by atoms with Crippen molar-refractivity contribution in [2.24, 2.45) is 0 Å². The highest BCUT2D eigenvalue weighted by molar-refractivity contribution is 5.40. The fraction of sp³-hybridized carbons (Fsp3) is 0.478. The second-order valence-corrected chi connectivity index (χ2v) is 6.56. The van der Waals surface area contributed by atoms with E-state index in [-0.39, 0.29) is 0 Å². The summed E-state index contributed by atoms with van der Waals surface area (Å²) in [4.78, 5) is 8.73. The van der Waals surface area contributed by atoms with Crippen LogP contribution in [0.2, 0.25) is 0 Å². The molecule has 0 bridgehead atoms. The van der Waals surface area contributed by atoms with Crippen LogP contribution in [0.3, 0.4) is 0 Å². The topological polar surface area (TPSA) is 35.0 Å². The van der Waals surface area contributed by atoms with Gasteiger partial charge in [-0.1, -0.05) is 51.9 Å². The summed E-state index contributed by atoms with van der Waals surface area (Å²) in [5.74, 6) is 7.61. The maximum absolute atomic E-state index is 5.66. The molecule has 3 heteroatoms. The second kappa shape index (κ2) is 12.1. The van der Waals surface area contributed by atoms with E-state index in [1.54, 1.807) is 0 Å². The molecular weight excluding hydrogens is 320 g/mol. The van der Waals surface area contributed by atoms with E-state index in [4.69, 9.17) is 4.74 Å². The molecule has 0 saturated heterocycles. The molecule has 0 aliphatic rings. The third-order valence-electron chi connectivity index (χ3n) is 4.21. The monoisotopic (exact) mass is 350 g/mol. The Morgan fingerprint density at radius 2 is 1.50 bits per heavy atom. The van der Waals surface area contributed by atoms with Gasteiger partial charge in [0.25, 0.3) is 0 Å². The number of aromatic nitrogens is 2. The zero-order chi connectivity index (χ0) is 18.5. The summed E-state index contributed by atoms with van der Waals surface area (Å²) in [5.41, 5.74) is 2.14. The van der Waals surface area contributed by atoms with Crippen LogP contribution in [0.4, 0.5) is 0 Å². The Hall–Kier alpha value is -2.34. The SMILES string of the molecule is CCCCCCCc1cnc(C#Cc2ccc(OCCCC)cc2)nc1. The van der Waals surface area contributed by atoms with Gasteiger partial charge in [0.15, 0.2) is 0 Å². The van der Waals surface area contributed by atoms with Crippen molar-refractivity contribution in [2.45, 2.75) is 65.2 Å². The van der Waals surface area contributed by atoms with Gasteiger partial charge in [-0.15, -0.1) is 0 Å². The van der Waals surface area contributed by atoms with Crippen LogP contribution < -0.4 is 4.74 Å². The molecule has 0 radical (unpaired) electrons. The Morgan fingerprint density at radius 1 is 0.808 bits per heavy atom. The molecule has 1 heterocycles. The van der Waals surface area contributed by atoms with E-state index < -0.39 is 0 Å². The van der Waals surface area contributed by atoms with Gasteiger partial charge in [-0.2, -0.15) is 0 Å². The molecule has 26 heavy (non-hydrogen) atoms. The number of unbranched alkanes of at least 4 members (excludes halogenated alkanes) is 5. The highest BCUT2D eigenvalue weighted by Crippen LogP contribution is 2.12. The van der Waals surface area contributed by atoms with Crippen LogP contribution in [0, 0.1) is 11.8 Å². The zero-order valence-electron chi connectivity index (χ0n) is 16.1. The number of rotatable bonds is 10. The van der Waals surface area contributed by atoms with Gasteiger partial charge >= 0.3 is 0 Å². The number of hydrogen-bond acceptors (Lipinski definition) is 3. The molecule has 2 aromatic rings. The Morgan fingerprint density at radius 3 is 2.19 bits per heavy atom. The van der Waals surface area contributed by atoms with Crippen molar-refractivity contribution in [1.82, 2.24) is 9.97 Å². The zero-order valence-corrected chi connectivity index (χ0v) is 16.1. The number of benzene rings is 1. The number of nitrogens with zero attached hydrogens (tertiary/aromatic N) is 2. The van der Waals surface area contributed by atoms with E-state index in [0.717, 1.165) is 37.2 Å². The predicted octanol–water partition coefficient (Wildman–Crippen LogP) is 5.57. The van der Waals surface area contributed by atoms with Gasteiger partial charge in [-0.25, -0.2) is 9.97 Å². The quantitative estimate of drug-likeness (QED) is 0.415. The maximum Gasteiger partial charge on any atom is 0.205 e. The van der Waals surface area contributed by atoms with Crippen LogP contribution in [0.25, 0.3) is 0 Å². The lowest BCUT2D eigenvalue weighted by molar-refractivity contribution is 0.309. The molecule has 0 aliphatic carbocycles. The fourth-order valence-corrected chi connectivity index (χ4v) is 2.58. The van der Waals surface area contributed by atoms with Crippen LogP contribution in [0.1, 0.15) is 75.7 Å². The van der Waals surface area contributed by atoms with E-state index in [9.17, 15) is 0 Å². The Bertz CT molecular complexity index is 681. The molecule has 3 nitrogen and oxygen atoms in total. The third-order valence-corrected chi connectivity index (χ3v) is 4.21. The summed E-state index contributed by atoms with van der Waals surface area (Å²) in [6.45, 7) is 5.16. The fourth-order valence-electron chi connectivity index (χ4n) is 2.58. The minimum atomic E-state index is 0.572. The summed E-state index contributed by atoms with van der Waals surface area (Å²) in [6.07, 6.45) is 13.5. The van der Waals surface area contributed by atoms with E-state index in [0.29, 0.717) is 5.82 Å². The normalized spacial score (nSPS) is 10.2. The molecule has 0 amide bonds. The molecule has 0 spiro atoms. The molecule has 0 N–H and O–H groups in total.